The Bertz CT molecular complexity index is 978. The van der Waals surface area contributed by atoms with E-state index in [4.69, 9.17) is 0 Å². The molecular weight excluding hydrogens is 353 g/mol. The molecule has 1 atom stereocenters. The van der Waals surface area contributed by atoms with Gasteiger partial charge in [0.2, 0.25) is 6.17 Å². The van der Waals surface area contributed by atoms with Gasteiger partial charge < -0.3 is 0 Å². The minimum absolute atomic E-state index is 0.0575. The summed E-state index contributed by atoms with van der Waals surface area (Å²) in [7, 11) is 0. The standard InChI is InChI=1S/C17H12FN7O2/c18-13-5-1-2-6-14(13)21-23-17(15-7-3-4-10-19-15)24-22-16-9-8-12(11-20-16)25(26)27/h1-11,17H. The van der Waals surface area contributed by atoms with E-state index < -0.39 is 16.9 Å². The molecule has 0 saturated heterocycles. The van der Waals surface area contributed by atoms with Crippen LogP contribution < -0.4 is 0 Å². The van der Waals surface area contributed by atoms with Crippen molar-refractivity contribution in [2.45, 2.75) is 6.17 Å². The maximum atomic E-state index is 13.7. The Labute approximate surface area is 152 Å². The summed E-state index contributed by atoms with van der Waals surface area (Å²) in [5, 5.41) is 26.5. The van der Waals surface area contributed by atoms with E-state index in [2.05, 4.69) is 30.4 Å². The van der Waals surface area contributed by atoms with Crippen LogP contribution in [0, 0.1) is 15.9 Å². The van der Waals surface area contributed by atoms with Gasteiger partial charge in [-0.25, -0.2) is 9.37 Å². The lowest BCUT2D eigenvalue weighted by atomic mass is 10.3. The van der Waals surface area contributed by atoms with Crippen molar-refractivity contribution < 1.29 is 9.31 Å². The first-order valence-corrected chi connectivity index (χ1v) is 7.71. The van der Waals surface area contributed by atoms with Gasteiger partial charge in [-0.15, -0.1) is 5.11 Å². The molecule has 1 aromatic carbocycles. The van der Waals surface area contributed by atoms with Gasteiger partial charge in [0.05, 0.1) is 10.6 Å². The molecule has 134 valence electrons. The van der Waals surface area contributed by atoms with Crippen molar-refractivity contribution in [3.8, 4) is 0 Å². The Morgan fingerprint density at radius 1 is 0.963 bits per heavy atom. The Kier molecular flexibility index (Phi) is 5.57. The van der Waals surface area contributed by atoms with Gasteiger partial charge in [0, 0.05) is 12.3 Å². The molecule has 2 aromatic heterocycles. The zero-order chi connectivity index (χ0) is 19.1. The minimum Gasteiger partial charge on any atom is -0.258 e. The van der Waals surface area contributed by atoms with Gasteiger partial charge in [0.15, 0.2) is 11.6 Å². The highest BCUT2D eigenvalue weighted by Gasteiger charge is 2.11. The summed E-state index contributed by atoms with van der Waals surface area (Å²) in [4.78, 5) is 18.1. The van der Waals surface area contributed by atoms with Crippen LogP contribution in [0.4, 0.5) is 21.6 Å². The second-order valence-electron chi connectivity index (χ2n) is 5.14. The summed E-state index contributed by atoms with van der Waals surface area (Å²) in [6, 6.07) is 13.7. The lowest BCUT2D eigenvalue weighted by Gasteiger charge is -2.04. The molecule has 0 spiro atoms. The van der Waals surface area contributed by atoms with Crippen molar-refractivity contribution >= 4 is 17.2 Å². The molecular formula is C17H12FN7O2. The topological polar surface area (TPSA) is 118 Å². The first kappa shape index (κ1) is 17.9. The second kappa shape index (κ2) is 8.43. The maximum absolute atomic E-state index is 13.7. The normalized spacial score (nSPS) is 12.5. The van der Waals surface area contributed by atoms with Crippen molar-refractivity contribution in [3.63, 3.8) is 0 Å². The molecule has 0 aliphatic heterocycles. The van der Waals surface area contributed by atoms with E-state index in [0.29, 0.717) is 5.69 Å². The number of rotatable bonds is 6. The fourth-order valence-corrected chi connectivity index (χ4v) is 1.98. The van der Waals surface area contributed by atoms with E-state index in [1.807, 2.05) is 0 Å². The first-order valence-electron chi connectivity index (χ1n) is 7.71. The molecule has 0 aliphatic rings. The molecule has 9 nitrogen and oxygen atoms in total. The molecule has 2 heterocycles. The van der Waals surface area contributed by atoms with Gasteiger partial charge in [0.1, 0.15) is 11.9 Å². The zero-order valence-electron chi connectivity index (χ0n) is 13.8. The predicted octanol–water partition coefficient (Wildman–Crippen LogP) is 5.09. The fraction of sp³-hybridized carbons (Fsp3) is 0.0588. The van der Waals surface area contributed by atoms with Crippen LogP contribution >= 0.6 is 0 Å². The molecule has 0 saturated carbocycles. The summed E-state index contributed by atoms with van der Waals surface area (Å²) in [5.41, 5.74) is 0.347. The molecule has 10 heteroatoms. The third-order valence-electron chi connectivity index (χ3n) is 3.29. The molecule has 0 N–H and O–H groups in total. The third-order valence-corrected chi connectivity index (χ3v) is 3.29. The smallest absolute Gasteiger partial charge is 0.258 e. The van der Waals surface area contributed by atoms with E-state index in [1.54, 1.807) is 36.5 Å². The Hall–Kier alpha value is -3.95. The van der Waals surface area contributed by atoms with Gasteiger partial charge in [-0.1, -0.05) is 18.2 Å². The fourth-order valence-electron chi connectivity index (χ4n) is 1.98. The van der Waals surface area contributed by atoms with Crippen molar-refractivity contribution in [1.82, 2.24) is 9.97 Å². The molecule has 0 amide bonds. The number of benzene rings is 1. The summed E-state index contributed by atoms with van der Waals surface area (Å²) < 4.78 is 13.7. The van der Waals surface area contributed by atoms with Crippen LogP contribution in [-0.4, -0.2) is 14.9 Å². The van der Waals surface area contributed by atoms with E-state index in [0.717, 1.165) is 6.20 Å². The van der Waals surface area contributed by atoms with Crippen LogP contribution in [-0.2, 0) is 0 Å². The molecule has 0 bridgehead atoms. The summed E-state index contributed by atoms with van der Waals surface area (Å²) in [5.74, 6) is -0.363. The molecule has 3 rings (SSSR count). The number of hydrogen-bond acceptors (Lipinski definition) is 8. The van der Waals surface area contributed by atoms with Crippen molar-refractivity contribution in [2.24, 2.45) is 20.5 Å². The zero-order valence-corrected chi connectivity index (χ0v) is 13.8. The summed E-state index contributed by atoms with van der Waals surface area (Å²) in [6.45, 7) is 0. The van der Waals surface area contributed by atoms with Crippen LogP contribution in [0.2, 0.25) is 0 Å². The average molecular weight is 365 g/mol. The molecule has 27 heavy (non-hydrogen) atoms. The Morgan fingerprint density at radius 2 is 1.74 bits per heavy atom. The highest BCUT2D eigenvalue weighted by molar-refractivity contribution is 5.37. The predicted molar refractivity (Wildman–Crippen MR) is 93.3 cm³/mol. The monoisotopic (exact) mass is 365 g/mol. The van der Waals surface area contributed by atoms with Crippen LogP contribution in [0.5, 0.6) is 0 Å². The van der Waals surface area contributed by atoms with E-state index >= 15 is 0 Å². The third kappa shape index (κ3) is 4.78. The minimum atomic E-state index is -0.928. The maximum Gasteiger partial charge on any atom is 0.287 e. The van der Waals surface area contributed by atoms with Gasteiger partial charge in [-0.2, -0.15) is 15.3 Å². The first-order chi connectivity index (χ1) is 13.1. The van der Waals surface area contributed by atoms with Gasteiger partial charge in [-0.3, -0.25) is 15.1 Å². The van der Waals surface area contributed by atoms with Gasteiger partial charge in [-0.05, 0) is 30.3 Å². The average Bonchev–Trinajstić information content (AvgIpc) is 2.70. The number of pyridine rings is 2. The number of aromatic nitrogens is 2. The highest BCUT2D eigenvalue weighted by atomic mass is 19.1. The molecule has 0 aliphatic carbocycles. The number of azo groups is 2. The highest BCUT2D eigenvalue weighted by Crippen LogP contribution is 2.24. The lowest BCUT2D eigenvalue weighted by molar-refractivity contribution is -0.385. The van der Waals surface area contributed by atoms with E-state index in [9.17, 15) is 14.5 Å². The quantitative estimate of drug-likeness (QED) is 0.343. The SMILES string of the molecule is O=[N+]([O-])c1ccc(N=NC(N=Nc2ccccc2F)c2ccccn2)nc1. The van der Waals surface area contributed by atoms with Crippen LogP contribution in [0.25, 0.3) is 0 Å². The number of nitro groups is 1. The summed E-state index contributed by atoms with van der Waals surface area (Å²) >= 11 is 0. The van der Waals surface area contributed by atoms with Crippen LogP contribution in [0.1, 0.15) is 11.9 Å². The molecule has 1 unspecified atom stereocenters. The second-order valence-corrected chi connectivity index (χ2v) is 5.14. The van der Waals surface area contributed by atoms with Crippen LogP contribution in [0.15, 0.2) is 87.4 Å². The van der Waals surface area contributed by atoms with Crippen molar-refractivity contribution in [2.75, 3.05) is 0 Å². The number of hydrogen-bond donors (Lipinski definition) is 0. The molecule has 3 aromatic rings. The Morgan fingerprint density at radius 3 is 2.41 bits per heavy atom. The largest absolute Gasteiger partial charge is 0.287 e. The molecule has 0 radical (unpaired) electrons. The summed E-state index contributed by atoms with van der Waals surface area (Å²) in [6.07, 6.45) is 1.70. The van der Waals surface area contributed by atoms with Gasteiger partial charge >= 0.3 is 0 Å². The van der Waals surface area contributed by atoms with Crippen LogP contribution in [0.3, 0.4) is 0 Å². The van der Waals surface area contributed by atoms with Gasteiger partial charge in [0.25, 0.3) is 5.69 Å². The van der Waals surface area contributed by atoms with E-state index in [1.165, 1.54) is 24.3 Å². The lowest BCUT2D eigenvalue weighted by Crippen LogP contribution is -1.94. The Balaban J connectivity index is 1.86. The van der Waals surface area contributed by atoms with Crippen molar-refractivity contribution in [1.29, 1.82) is 0 Å². The molecule has 0 fully saturated rings. The number of halogens is 1. The number of nitrogens with zero attached hydrogens (tertiary/aromatic N) is 7. The van der Waals surface area contributed by atoms with E-state index in [-0.39, 0.29) is 17.2 Å². The van der Waals surface area contributed by atoms with Crippen molar-refractivity contribution in [3.05, 3.63) is 88.6 Å².